The molecule has 0 aliphatic rings. The second-order valence-corrected chi connectivity index (χ2v) is 25.8. The summed E-state index contributed by atoms with van der Waals surface area (Å²) >= 11 is 3.53. The number of thioether (sulfide) groups is 2. The van der Waals surface area contributed by atoms with E-state index in [2.05, 4.69) is 49.6 Å². The molecule has 28 heteroatoms. The smallest absolute Gasteiger partial charge is 0.390 e. The first-order chi connectivity index (χ1) is 35.5. The molecule has 0 spiro atoms. The van der Waals surface area contributed by atoms with Gasteiger partial charge in [0.05, 0.1) is 80.4 Å². The SMILES string of the molecule is CC(=O)C(C)(C)C(=O)SCCOC(C)C.CC(=O)SCCOC(C)C.CC(C)OCCSSC(C)(C)C.CC(C)OCc1cnc([N+](=O)[O-])n1C.CC(C)OCc1cnc([N+](=O)[O-])o1.CC(C)OCc1cnc([N+](=O)[O-])s1. The molecule has 3 rings (SSSR count). The van der Waals surface area contributed by atoms with E-state index in [1.807, 2.05) is 90.8 Å². The normalized spacial score (nSPS) is 11.2. The van der Waals surface area contributed by atoms with Crippen LogP contribution in [0.5, 0.6) is 0 Å². The average molecular weight is 1190 g/mol. The largest absolute Gasteiger partial charge is 0.545 e. The van der Waals surface area contributed by atoms with Crippen molar-refractivity contribution in [1.82, 2.24) is 19.5 Å². The molecule has 77 heavy (non-hydrogen) atoms. The molecule has 3 aromatic rings. The van der Waals surface area contributed by atoms with Gasteiger partial charge in [-0.2, -0.15) is 0 Å². The van der Waals surface area contributed by atoms with Crippen LogP contribution in [0.25, 0.3) is 0 Å². The van der Waals surface area contributed by atoms with Gasteiger partial charge in [0, 0.05) is 33.9 Å². The highest BCUT2D eigenvalue weighted by atomic mass is 33.1. The van der Waals surface area contributed by atoms with Gasteiger partial charge in [0.2, 0.25) is 5.12 Å². The lowest BCUT2D eigenvalue weighted by molar-refractivity contribution is -0.407. The molecule has 3 aromatic heterocycles. The number of nitrogens with zero attached hydrogens (tertiary/aromatic N) is 7. The molecule has 444 valence electrons. The summed E-state index contributed by atoms with van der Waals surface area (Å²) in [6.07, 6.45) is 5.33. The molecular formula is C49H87N7O16S5. The Bertz CT molecular complexity index is 2050. The second-order valence-electron chi connectivity index (χ2n) is 19.1. The standard InChI is InChI=1S/C11H20O3S.C9H20OS2.C8H13N3O3.C7H10N2O4.C7H10N2O3S.C7H14O2S/c1-8(2)14-6-7-15-10(13)11(4,5)9(3)12;1-8(2)10-6-7-11-12-9(3,4)5;1-6(2)14-5-7-4-9-8(10(7)3)11(12)13;2*1-5(2)12-4-6-3-8-7(13-6)9(10)11;1-6(2)9-4-5-10-7(3)8/h8H,6-7H2,1-5H3;8H,6-7H2,1-5H3;4,6H,5H2,1-3H3;2*3,5H,4H2,1-2H3;6H,4-5H2,1-3H3. The molecule has 0 aliphatic carbocycles. The molecule has 3 heterocycles. The highest BCUT2D eigenvalue weighted by Gasteiger charge is 2.32. The van der Waals surface area contributed by atoms with Gasteiger partial charge in [0.25, 0.3) is 0 Å². The number of ether oxygens (including phenoxy) is 6. The van der Waals surface area contributed by atoms with Crippen LogP contribution >= 0.6 is 56.4 Å². The van der Waals surface area contributed by atoms with Crippen molar-refractivity contribution in [3.05, 3.63) is 65.3 Å². The fraction of sp³-hybridized carbons (Fsp3) is 0.755. The number of imidazole rings is 1. The highest BCUT2D eigenvalue weighted by Crippen LogP contribution is 2.34. The van der Waals surface area contributed by atoms with Gasteiger partial charge in [-0.3, -0.25) is 14.4 Å². The lowest BCUT2D eigenvalue weighted by Gasteiger charge is -2.18. The first-order valence-corrected chi connectivity index (χ1v) is 29.8. The predicted molar refractivity (Wildman–Crippen MR) is 310 cm³/mol. The van der Waals surface area contributed by atoms with Gasteiger partial charge in [-0.15, -0.1) is 0 Å². The number of oxazole rings is 1. The summed E-state index contributed by atoms with van der Waals surface area (Å²) < 4.78 is 38.2. The minimum Gasteiger partial charge on any atom is -0.390 e. The Morgan fingerprint density at radius 3 is 1.48 bits per heavy atom. The maximum Gasteiger partial charge on any atom is 0.545 e. The van der Waals surface area contributed by atoms with Crippen molar-refractivity contribution in [2.75, 3.05) is 37.1 Å². The van der Waals surface area contributed by atoms with Gasteiger partial charge in [-0.25, -0.2) is 4.57 Å². The number of hydrogen-bond acceptors (Lipinski definition) is 24. The first-order valence-electron chi connectivity index (χ1n) is 24.7. The summed E-state index contributed by atoms with van der Waals surface area (Å²) in [4.78, 5) is 73.9. The summed E-state index contributed by atoms with van der Waals surface area (Å²) in [5.74, 6) is 2.57. The van der Waals surface area contributed by atoms with Crippen molar-refractivity contribution < 1.29 is 62.0 Å². The molecule has 0 radical (unpaired) electrons. The van der Waals surface area contributed by atoms with Crippen LogP contribution in [0.2, 0.25) is 0 Å². The van der Waals surface area contributed by atoms with Crippen LogP contribution in [-0.4, -0.2) is 129 Å². The number of rotatable bonds is 27. The van der Waals surface area contributed by atoms with Crippen molar-refractivity contribution in [2.45, 2.75) is 193 Å². The Balaban J connectivity index is -0.000000857. The van der Waals surface area contributed by atoms with Crippen molar-refractivity contribution in [1.29, 1.82) is 0 Å². The van der Waals surface area contributed by atoms with Crippen molar-refractivity contribution in [3.63, 3.8) is 0 Å². The van der Waals surface area contributed by atoms with E-state index in [0.717, 1.165) is 34.3 Å². The topological polar surface area (TPSA) is 293 Å². The summed E-state index contributed by atoms with van der Waals surface area (Å²) in [7, 11) is 5.42. The van der Waals surface area contributed by atoms with E-state index in [-0.39, 0.29) is 64.2 Å². The number of nitro groups is 3. The van der Waals surface area contributed by atoms with Crippen LogP contribution < -0.4 is 0 Å². The fourth-order valence-electron chi connectivity index (χ4n) is 4.13. The average Bonchev–Trinajstić information content (AvgIpc) is 4.08. The second kappa shape index (κ2) is 43.2. The number of aromatic nitrogens is 4. The maximum atomic E-state index is 11.6. The molecule has 23 nitrogen and oxygen atoms in total. The van der Waals surface area contributed by atoms with E-state index >= 15 is 0 Å². The Kier molecular flexibility index (Phi) is 43.6. The molecule has 0 unspecified atom stereocenters. The van der Waals surface area contributed by atoms with Crippen molar-refractivity contribution in [2.24, 2.45) is 12.5 Å². The fourth-order valence-corrected chi connectivity index (χ4v) is 8.23. The monoisotopic (exact) mass is 1190 g/mol. The van der Waals surface area contributed by atoms with Crippen LogP contribution in [0, 0.1) is 35.8 Å². The van der Waals surface area contributed by atoms with Crippen LogP contribution in [-0.2, 0) is 69.7 Å². The lowest BCUT2D eigenvalue weighted by atomic mass is 9.91. The zero-order valence-electron chi connectivity index (χ0n) is 48.8. The van der Waals surface area contributed by atoms with Crippen molar-refractivity contribution >= 4 is 89.6 Å². The zero-order chi connectivity index (χ0) is 60.1. The highest BCUT2D eigenvalue weighted by molar-refractivity contribution is 8.77. The summed E-state index contributed by atoms with van der Waals surface area (Å²) in [5.41, 5.74) is -0.173. The minimum absolute atomic E-state index is 0.0594. The molecule has 0 saturated heterocycles. The summed E-state index contributed by atoms with van der Waals surface area (Å²) in [6.45, 7) is 39.4. The summed E-state index contributed by atoms with van der Waals surface area (Å²) in [6, 6.07) is -0.498. The number of carbonyl (C=O) groups is 3. The first kappa shape index (κ1) is 77.6. The van der Waals surface area contributed by atoms with E-state index in [4.69, 9.17) is 32.8 Å². The quantitative estimate of drug-likeness (QED) is 0.0225. The van der Waals surface area contributed by atoms with E-state index in [1.54, 1.807) is 27.8 Å². The maximum absolute atomic E-state index is 11.6. The molecular weight excluding hydrogens is 1100 g/mol. The van der Waals surface area contributed by atoms with Crippen molar-refractivity contribution in [3.8, 4) is 0 Å². The van der Waals surface area contributed by atoms with Crippen LogP contribution in [0.4, 0.5) is 17.1 Å². The Morgan fingerprint density at radius 1 is 0.623 bits per heavy atom. The predicted octanol–water partition coefficient (Wildman–Crippen LogP) is 12.3. The number of hydrogen-bond donors (Lipinski definition) is 0. The van der Waals surface area contributed by atoms with Gasteiger partial charge in [-0.05, 0) is 135 Å². The van der Waals surface area contributed by atoms with Gasteiger partial charge >= 0.3 is 17.1 Å². The van der Waals surface area contributed by atoms with Crippen LogP contribution in [0.1, 0.15) is 148 Å². The van der Waals surface area contributed by atoms with Gasteiger partial charge in [-0.1, -0.05) is 70.9 Å². The molecule has 0 aliphatic heterocycles. The third-order valence-electron chi connectivity index (χ3n) is 8.23. The van der Waals surface area contributed by atoms with Gasteiger partial charge < -0.3 is 63.2 Å². The number of ketones is 1. The zero-order valence-corrected chi connectivity index (χ0v) is 52.8. The van der Waals surface area contributed by atoms with E-state index in [9.17, 15) is 44.7 Å². The number of carbonyl (C=O) groups excluding carboxylic acids is 3. The number of thiazole rings is 1. The summed E-state index contributed by atoms with van der Waals surface area (Å²) in [5, 5.41) is 30.9. The molecule has 0 atom stereocenters. The third-order valence-corrected chi connectivity index (χ3v) is 14.4. The molecule has 0 amide bonds. The Morgan fingerprint density at radius 2 is 1.09 bits per heavy atom. The van der Waals surface area contributed by atoms with Gasteiger partial charge in [0.1, 0.15) is 30.9 Å². The van der Waals surface area contributed by atoms with E-state index in [0.29, 0.717) is 54.5 Å². The molecule has 0 aromatic carbocycles. The van der Waals surface area contributed by atoms with Crippen LogP contribution in [0.3, 0.4) is 0 Å². The van der Waals surface area contributed by atoms with Gasteiger partial charge in [0.15, 0.2) is 23.3 Å². The minimum atomic E-state index is -0.873. The lowest BCUT2D eigenvalue weighted by Crippen LogP contribution is -2.29. The van der Waals surface area contributed by atoms with E-state index in [1.165, 1.54) is 53.6 Å². The van der Waals surface area contributed by atoms with Crippen LogP contribution in [0.15, 0.2) is 23.0 Å². The molecule has 0 bridgehead atoms. The molecule has 0 fully saturated rings. The Hall–Kier alpha value is -3.58. The third kappa shape index (κ3) is 44.9. The van der Waals surface area contributed by atoms with E-state index < -0.39 is 26.2 Å². The molecule has 0 saturated carbocycles. The number of Topliss-reactive ketones (excluding diaryl/α,β-unsaturated/α-hetero) is 1. The molecule has 0 N–H and O–H groups in total. The Labute approximate surface area is 476 Å².